The zero-order valence-electron chi connectivity index (χ0n) is 13.5. The van der Waals surface area contributed by atoms with Crippen molar-refractivity contribution in [2.24, 2.45) is 0 Å². The van der Waals surface area contributed by atoms with Gasteiger partial charge >= 0.3 is 0 Å². The van der Waals surface area contributed by atoms with Crippen LogP contribution in [0.2, 0.25) is 0 Å². The largest absolute Gasteiger partial charge is 0.508 e. The average Bonchev–Trinajstić information content (AvgIpc) is 2.53. The van der Waals surface area contributed by atoms with E-state index in [1.807, 2.05) is 19.9 Å². The summed E-state index contributed by atoms with van der Waals surface area (Å²) in [5.41, 5.74) is 0.758. The van der Waals surface area contributed by atoms with Gasteiger partial charge in [0.2, 0.25) is 9.84 Å². The third-order valence-electron chi connectivity index (χ3n) is 3.46. The normalized spacial score (nSPS) is 11.4. The summed E-state index contributed by atoms with van der Waals surface area (Å²) in [6.45, 7) is 4.64. The van der Waals surface area contributed by atoms with Crippen molar-refractivity contribution in [1.82, 2.24) is 0 Å². The van der Waals surface area contributed by atoms with Crippen molar-refractivity contribution in [2.75, 3.05) is 6.61 Å². The number of ether oxygens (including phenoxy) is 1. The highest BCUT2D eigenvalue weighted by molar-refractivity contribution is 7.91. The van der Waals surface area contributed by atoms with Crippen LogP contribution >= 0.6 is 0 Å². The molecule has 1 N–H and O–H groups in total. The van der Waals surface area contributed by atoms with Crippen molar-refractivity contribution in [3.05, 3.63) is 48.0 Å². The summed E-state index contributed by atoms with van der Waals surface area (Å²) < 4.78 is 31.3. The van der Waals surface area contributed by atoms with Crippen LogP contribution < -0.4 is 4.74 Å². The van der Waals surface area contributed by atoms with Gasteiger partial charge in [-0.3, -0.25) is 0 Å². The Morgan fingerprint density at radius 3 is 2.30 bits per heavy atom. The van der Waals surface area contributed by atoms with E-state index in [2.05, 4.69) is 0 Å². The monoisotopic (exact) mass is 334 g/mol. The van der Waals surface area contributed by atoms with Crippen LogP contribution in [0, 0.1) is 0 Å². The van der Waals surface area contributed by atoms with Gasteiger partial charge in [-0.25, -0.2) is 8.42 Å². The third kappa shape index (κ3) is 4.05. The van der Waals surface area contributed by atoms with E-state index in [0.717, 1.165) is 18.4 Å². The second-order valence-corrected chi connectivity index (χ2v) is 7.28. The quantitative estimate of drug-likeness (QED) is 0.832. The number of rotatable bonds is 7. The summed E-state index contributed by atoms with van der Waals surface area (Å²) >= 11 is 0. The predicted molar refractivity (Wildman–Crippen MR) is 89.8 cm³/mol. The minimum atomic E-state index is -3.61. The van der Waals surface area contributed by atoms with Gasteiger partial charge in [-0.1, -0.05) is 20.3 Å². The molecule has 0 heterocycles. The molecule has 2 aromatic rings. The summed E-state index contributed by atoms with van der Waals surface area (Å²) in [4.78, 5) is 0.476. The number of hydrogen-bond acceptors (Lipinski definition) is 4. The molecule has 0 saturated heterocycles. The van der Waals surface area contributed by atoms with Gasteiger partial charge in [0.1, 0.15) is 11.5 Å². The Morgan fingerprint density at radius 1 is 1.00 bits per heavy atom. The molecule has 0 aromatic heterocycles. The molecule has 0 radical (unpaired) electrons. The van der Waals surface area contributed by atoms with E-state index < -0.39 is 9.84 Å². The molecule has 0 fully saturated rings. The first kappa shape index (κ1) is 17.3. The van der Waals surface area contributed by atoms with Gasteiger partial charge in [-0.2, -0.15) is 0 Å². The Bertz CT molecular complexity index is 749. The molecule has 4 nitrogen and oxygen atoms in total. The molecule has 0 aliphatic heterocycles. The number of phenols is 1. The summed E-state index contributed by atoms with van der Waals surface area (Å²) in [7, 11) is -3.61. The summed E-state index contributed by atoms with van der Waals surface area (Å²) in [5, 5.41) is 9.34. The molecule has 124 valence electrons. The molecule has 2 rings (SSSR count). The molecule has 2 aromatic carbocycles. The number of sulfone groups is 1. The van der Waals surface area contributed by atoms with Gasteiger partial charge in [0.15, 0.2) is 0 Å². The van der Waals surface area contributed by atoms with Crippen molar-refractivity contribution in [1.29, 1.82) is 0 Å². The topological polar surface area (TPSA) is 63.6 Å². The van der Waals surface area contributed by atoms with Crippen molar-refractivity contribution in [2.45, 2.75) is 42.9 Å². The summed E-state index contributed by atoms with van der Waals surface area (Å²) in [6.07, 6.45) is 2.40. The molecule has 0 amide bonds. The maximum Gasteiger partial charge on any atom is 0.206 e. The Balaban J connectivity index is 2.45. The molecule has 0 atom stereocenters. The van der Waals surface area contributed by atoms with E-state index in [0.29, 0.717) is 23.7 Å². The van der Waals surface area contributed by atoms with Crippen LogP contribution in [0.4, 0.5) is 0 Å². The first-order valence-corrected chi connectivity index (χ1v) is 9.27. The van der Waals surface area contributed by atoms with Crippen LogP contribution in [0.5, 0.6) is 11.5 Å². The summed E-state index contributed by atoms with van der Waals surface area (Å²) in [5.74, 6) is 0.737. The van der Waals surface area contributed by atoms with Crippen LogP contribution in [-0.2, 0) is 16.3 Å². The maximum absolute atomic E-state index is 12.8. The predicted octanol–water partition coefficient (Wildman–Crippen LogP) is 3.97. The van der Waals surface area contributed by atoms with Crippen molar-refractivity contribution >= 4 is 9.84 Å². The molecule has 5 heteroatoms. The van der Waals surface area contributed by atoms with E-state index >= 15 is 0 Å². The Hall–Kier alpha value is -2.01. The molecular weight excluding hydrogens is 312 g/mol. The van der Waals surface area contributed by atoms with Gasteiger partial charge in [0.25, 0.3) is 0 Å². The molecular formula is C18H22O4S. The van der Waals surface area contributed by atoms with Crippen molar-refractivity contribution in [3.63, 3.8) is 0 Å². The van der Waals surface area contributed by atoms with Crippen LogP contribution in [0.15, 0.2) is 52.3 Å². The van der Waals surface area contributed by atoms with Gasteiger partial charge in [-0.15, -0.1) is 0 Å². The number of phenolic OH excluding ortho intramolecular Hbond substituents is 1. The molecule has 0 bridgehead atoms. The molecule has 0 spiro atoms. The zero-order valence-corrected chi connectivity index (χ0v) is 14.3. The molecule has 0 aliphatic rings. The first-order valence-electron chi connectivity index (χ1n) is 7.79. The molecule has 23 heavy (non-hydrogen) atoms. The second kappa shape index (κ2) is 7.51. The highest BCUT2D eigenvalue weighted by Gasteiger charge is 2.21. The van der Waals surface area contributed by atoms with E-state index in [4.69, 9.17) is 4.74 Å². The van der Waals surface area contributed by atoms with Gasteiger partial charge < -0.3 is 9.84 Å². The van der Waals surface area contributed by atoms with Crippen LogP contribution in [0.3, 0.4) is 0 Å². The van der Waals surface area contributed by atoms with Gasteiger partial charge in [0, 0.05) is 0 Å². The average molecular weight is 334 g/mol. The number of hydrogen-bond donors (Lipinski definition) is 1. The third-order valence-corrected chi connectivity index (χ3v) is 5.33. The Kier molecular flexibility index (Phi) is 5.66. The molecule has 0 saturated carbocycles. The summed E-state index contributed by atoms with van der Waals surface area (Å²) in [6, 6.07) is 10.7. The number of aromatic hydroxyl groups is 1. The van der Waals surface area contributed by atoms with E-state index in [1.54, 1.807) is 12.1 Å². The lowest BCUT2D eigenvalue weighted by Gasteiger charge is -2.13. The number of aryl methyl sites for hydroxylation is 1. The zero-order chi connectivity index (χ0) is 16.9. The Labute approximate surface area is 137 Å². The molecule has 0 aliphatic carbocycles. The first-order chi connectivity index (χ1) is 11.0. The lowest BCUT2D eigenvalue weighted by Crippen LogP contribution is -2.06. The van der Waals surface area contributed by atoms with Gasteiger partial charge in [-0.05, 0) is 60.9 Å². The number of benzene rings is 2. The fraction of sp³-hybridized carbons (Fsp3) is 0.333. The lowest BCUT2D eigenvalue weighted by molar-refractivity contribution is 0.317. The second-order valence-electron chi connectivity index (χ2n) is 5.37. The SMILES string of the molecule is CCCOc1ccc(S(=O)(=O)c2ccc(O)cc2)c(CCC)c1. The van der Waals surface area contributed by atoms with Crippen molar-refractivity contribution < 1.29 is 18.3 Å². The minimum Gasteiger partial charge on any atom is -0.508 e. The Morgan fingerprint density at radius 2 is 1.70 bits per heavy atom. The smallest absolute Gasteiger partial charge is 0.206 e. The van der Waals surface area contributed by atoms with Crippen molar-refractivity contribution in [3.8, 4) is 11.5 Å². The fourth-order valence-electron chi connectivity index (χ4n) is 2.34. The fourth-order valence-corrected chi connectivity index (χ4v) is 3.85. The molecule has 0 unspecified atom stereocenters. The van der Waals surface area contributed by atoms with Crippen LogP contribution in [0.1, 0.15) is 32.3 Å². The lowest BCUT2D eigenvalue weighted by atomic mass is 10.1. The van der Waals surface area contributed by atoms with E-state index in [9.17, 15) is 13.5 Å². The minimum absolute atomic E-state index is 0.0426. The highest BCUT2D eigenvalue weighted by atomic mass is 32.2. The van der Waals surface area contributed by atoms with Crippen LogP contribution in [0.25, 0.3) is 0 Å². The van der Waals surface area contributed by atoms with Gasteiger partial charge in [0.05, 0.1) is 16.4 Å². The standard InChI is InChI=1S/C18H22O4S/c1-3-5-14-13-16(22-12-4-2)8-11-18(14)23(20,21)17-9-6-15(19)7-10-17/h6-11,13,19H,3-5,12H2,1-2H3. The highest BCUT2D eigenvalue weighted by Crippen LogP contribution is 2.29. The van der Waals surface area contributed by atoms with E-state index in [1.165, 1.54) is 24.3 Å². The van der Waals surface area contributed by atoms with E-state index in [-0.39, 0.29) is 10.6 Å². The maximum atomic E-state index is 12.8. The van der Waals surface area contributed by atoms with Crippen LogP contribution in [-0.4, -0.2) is 20.1 Å².